The molecule has 17 heavy (non-hydrogen) atoms. The number of hydrogen-bond donors (Lipinski definition) is 1. The summed E-state index contributed by atoms with van der Waals surface area (Å²) in [6.07, 6.45) is 1.96. The standard InChI is InChI=1S/C13H18INO2/c1-9(2)4-3-7-17-13(16)11-8-10(14)5-6-12(11)15/h5-6,8-9H,3-4,7,15H2,1-2H3. The molecule has 0 aliphatic heterocycles. The van der Waals surface area contributed by atoms with Crippen LogP contribution < -0.4 is 5.73 Å². The molecule has 4 heteroatoms. The number of ether oxygens (including phenoxy) is 1. The van der Waals surface area contributed by atoms with E-state index in [1.54, 1.807) is 12.1 Å². The molecule has 0 fully saturated rings. The number of nitrogens with two attached hydrogens (primary N) is 1. The molecule has 0 aliphatic rings. The molecule has 0 unspecified atom stereocenters. The maximum absolute atomic E-state index is 11.8. The van der Waals surface area contributed by atoms with Crippen molar-refractivity contribution in [1.29, 1.82) is 0 Å². The van der Waals surface area contributed by atoms with Gasteiger partial charge in [-0.05, 0) is 59.5 Å². The second-order valence-electron chi connectivity index (χ2n) is 4.40. The number of carbonyl (C=O) groups excluding carboxylic acids is 1. The Morgan fingerprint density at radius 2 is 2.18 bits per heavy atom. The highest BCUT2D eigenvalue weighted by Crippen LogP contribution is 2.17. The molecular weight excluding hydrogens is 329 g/mol. The van der Waals surface area contributed by atoms with Gasteiger partial charge in [-0.25, -0.2) is 4.79 Å². The lowest BCUT2D eigenvalue weighted by Gasteiger charge is -2.08. The van der Waals surface area contributed by atoms with Crippen LogP contribution in [-0.2, 0) is 4.74 Å². The van der Waals surface area contributed by atoms with Crippen LogP contribution in [0.3, 0.4) is 0 Å². The summed E-state index contributed by atoms with van der Waals surface area (Å²) in [5, 5.41) is 0. The summed E-state index contributed by atoms with van der Waals surface area (Å²) >= 11 is 2.15. The molecular formula is C13H18INO2. The number of benzene rings is 1. The van der Waals surface area contributed by atoms with Gasteiger partial charge in [0.15, 0.2) is 0 Å². The Labute approximate surface area is 116 Å². The van der Waals surface area contributed by atoms with Gasteiger partial charge in [0.1, 0.15) is 0 Å². The third kappa shape index (κ3) is 4.93. The second-order valence-corrected chi connectivity index (χ2v) is 5.65. The van der Waals surface area contributed by atoms with E-state index in [-0.39, 0.29) is 5.97 Å². The molecule has 3 nitrogen and oxygen atoms in total. The fourth-order valence-electron chi connectivity index (χ4n) is 1.44. The van der Waals surface area contributed by atoms with Crippen molar-refractivity contribution in [2.75, 3.05) is 12.3 Å². The van der Waals surface area contributed by atoms with E-state index in [0.717, 1.165) is 16.4 Å². The smallest absolute Gasteiger partial charge is 0.340 e. The van der Waals surface area contributed by atoms with Crippen LogP contribution in [0.2, 0.25) is 0 Å². The Morgan fingerprint density at radius 3 is 2.82 bits per heavy atom. The molecule has 0 aliphatic carbocycles. The summed E-state index contributed by atoms with van der Waals surface area (Å²) in [6.45, 7) is 4.76. The number of anilines is 1. The fraction of sp³-hybridized carbons (Fsp3) is 0.462. The van der Waals surface area contributed by atoms with Gasteiger partial charge in [0.25, 0.3) is 0 Å². The first-order valence-corrected chi connectivity index (χ1v) is 6.80. The van der Waals surface area contributed by atoms with Gasteiger partial charge >= 0.3 is 5.97 Å². The molecule has 0 aromatic heterocycles. The highest BCUT2D eigenvalue weighted by molar-refractivity contribution is 14.1. The Balaban J connectivity index is 2.49. The predicted molar refractivity (Wildman–Crippen MR) is 77.9 cm³/mol. The molecule has 0 heterocycles. The van der Waals surface area contributed by atoms with Crippen molar-refractivity contribution in [3.8, 4) is 0 Å². The molecule has 1 aromatic rings. The van der Waals surface area contributed by atoms with E-state index in [1.807, 2.05) is 6.07 Å². The molecule has 94 valence electrons. The second kappa shape index (κ2) is 6.83. The largest absolute Gasteiger partial charge is 0.462 e. The fourth-order valence-corrected chi connectivity index (χ4v) is 1.93. The predicted octanol–water partition coefficient (Wildman–Crippen LogP) is 3.47. The zero-order chi connectivity index (χ0) is 12.8. The minimum absolute atomic E-state index is 0.329. The monoisotopic (exact) mass is 347 g/mol. The third-order valence-electron chi connectivity index (χ3n) is 2.39. The summed E-state index contributed by atoms with van der Waals surface area (Å²) in [7, 11) is 0. The molecule has 0 radical (unpaired) electrons. The summed E-state index contributed by atoms with van der Waals surface area (Å²) < 4.78 is 6.17. The Hall–Kier alpha value is -0.780. The minimum Gasteiger partial charge on any atom is -0.462 e. The van der Waals surface area contributed by atoms with Crippen LogP contribution in [-0.4, -0.2) is 12.6 Å². The van der Waals surface area contributed by atoms with Crippen LogP contribution in [0.1, 0.15) is 37.0 Å². The number of hydrogen-bond acceptors (Lipinski definition) is 3. The average Bonchev–Trinajstić information content (AvgIpc) is 2.27. The van der Waals surface area contributed by atoms with E-state index < -0.39 is 0 Å². The molecule has 1 aromatic carbocycles. The lowest BCUT2D eigenvalue weighted by molar-refractivity contribution is 0.0496. The van der Waals surface area contributed by atoms with Crippen molar-refractivity contribution in [3.05, 3.63) is 27.3 Å². The highest BCUT2D eigenvalue weighted by atomic mass is 127. The van der Waals surface area contributed by atoms with Crippen LogP contribution in [0.25, 0.3) is 0 Å². The van der Waals surface area contributed by atoms with Gasteiger partial charge in [0, 0.05) is 9.26 Å². The van der Waals surface area contributed by atoms with Gasteiger partial charge in [-0.3, -0.25) is 0 Å². The third-order valence-corrected chi connectivity index (χ3v) is 3.07. The van der Waals surface area contributed by atoms with Crippen molar-refractivity contribution >= 4 is 34.2 Å². The number of carbonyl (C=O) groups is 1. The van der Waals surface area contributed by atoms with Gasteiger partial charge < -0.3 is 10.5 Å². The zero-order valence-corrected chi connectivity index (χ0v) is 12.4. The zero-order valence-electron chi connectivity index (χ0n) is 10.2. The average molecular weight is 347 g/mol. The number of halogens is 1. The van der Waals surface area contributed by atoms with Crippen molar-refractivity contribution < 1.29 is 9.53 Å². The molecule has 0 amide bonds. The van der Waals surface area contributed by atoms with Crippen LogP contribution >= 0.6 is 22.6 Å². The lowest BCUT2D eigenvalue weighted by atomic mass is 10.1. The maximum Gasteiger partial charge on any atom is 0.340 e. The molecule has 1 rings (SSSR count). The lowest BCUT2D eigenvalue weighted by Crippen LogP contribution is -2.10. The quantitative estimate of drug-likeness (QED) is 0.384. The van der Waals surface area contributed by atoms with Gasteiger partial charge in [0.2, 0.25) is 0 Å². The van der Waals surface area contributed by atoms with Crippen molar-refractivity contribution in [3.63, 3.8) is 0 Å². The van der Waals surface area contributed by atoms with Crippen LogP contribution in [0.15, 0.2) is 18.2 Å². The van der Waals surface area contributed by atoms with Crippen molar-refractivity contribution in [2.45, 2.75) is 26.7 Å². The molecule has 0 spiro atoms. The van der Waals surface area contributed by atoms with Gasteiger partial charge in [-0.2, -0.15) is 0 Å². The van der Waals surface area contributed by atoms with E-state index in [1.165, 1.54) is 0 Å². The number of esters is 1. The van der Waals surface area contributed by atoms with E-state index in [0.29, 0.717) is 23.8 Å². The minimum atomic E-state index is -0.329. The molecule has 0 bridgehead atoms. The van der Waals surface area contributed by atoms with Gasteiger partial charge in [-0.1, -0.05) is 13.8 Å². The highest BCUT2D eigenvalue weighted by Gasteiger charge is 2.11. The first kappa shape index (κ1) is 14.3. The molecule has 2 N–H and O–H groups in total. The van der Waals surface area contributed by atoms with E-state index in [2.05, 4.69) is 36.4 Å². The summed E-state index contributed by atoms with van der Waals surface area (Å²) in [5.74, 6) is 0.307. The topological polar surface area (TPSA) is 52.3 Å². The Kier molecular flexibility index (Phi) is 5.74. The number of rotatable bonds is 5. The Bertz CT molecular complexity index is 391. The summed E-state index contributed by atoms with van der Waals surface area (Å²) in [5.41, 5.74) is 6.67. The van der Waals surface area contributed by atoms with Crippen LogP contribution in [0.5, 0.6) is 0 Å². The first-order valence-electron chi connectivity index (χ1n) is 5.73. The molecule has 0 atom stereocenters. The molecule has 0 saturated carbocycles. The van der Waals surface area contributed by atoms with Crippen molar-refractivity contribution in [2.24, 2.45) is 5.92 Å². The van der Waals surface area contributed by atoms with E-state index in [4.69, 9.17) is 10.5 Å². The summed E-state index contributed by atoms with van der Waals surface area (Å²) in [4.78, 5) is 11.8. The van der Waals surface area contributed by atoms with Crippen molar-refractivity contribution in [1.82, 2.24) is 0 Å². The normalized spacial score (nSPS) is 10.6. The van der Waals surface area contributed by atoms with Crippen LogP contribution in [0, 0.1) is 9.49 Å². The van der Waals surface area contributed by atoms with E-state index >= 15 is 0 Å². The SMILES string of the molecule is CC(C)CCCOC(=O)c1cc(I)ccc1N. The number of nitrogen functional groups attached to an aromatic ring is 1. The van der Waals surface area contributed by atoms with Crippen LogP contribution in [0.4, 0.5) is 5.69 Å². The van der Waals surface area contributed by atoms with Gasteiger partial charge in [0.05, 0.1) is 12.2 Å². The van der Waals surface area contributed by atoms with E-state index in [9.17, 15) is 4.79 Å². The first-order chi connectivity index (χ1) is 8.00. The maximum atomic E-state index is 11.8. The van der Waals surface area contributed by atoms with Gasteiger partial charge in [-0.15, -0.1) is 0 Å². The molecule has 0 saturated heterocycles. The summed E-state index contributed by atoms with van der Waals surface area (Å²) in [6, 6.07) is 5.35. The Morgan fingerprint density at radius 1 is 1.47 bits per heavy atom.